The molecule has 0 saturated heterocycles. The molecule has 7 nitrogen and oxygen atoms in total. The van der Waals surface area contributed by atoms with Gasteiger partial charge in [-0.25, -0.2) is 13.2 Å². The molecule has 1 atom stereocenters. The lowest BCUT2D eigenvalue weighted by Crippen LogP contribution is -2.35. The highest BCUT2D eigenvalue weighted by molar-refractivity contribution is 7.92. The third-order valence-corrected chi connectivity index (χ3v) is 4.58. The lowest BCUT2D eigenvalue weighted by Gasteiger charge is -2.15. The van der Waals surface area contributed by atoms with Crippen LogP contribution >= 0.6 is 11.3 Å². The molecule has 2 rings (SSSR count). The van der Waals surface area contributed by atoms with Crippen molar-refractivity contribution in [3.63, 3.8) is 0 Å². The van der Waals surface area contributed by atoms with Crippen molar-refractivity contribution in [3.8, 4) is 0 Å². The van der Waals surface area contributed by atoms with E-state index in [1.807, 2.05) is 17.5 Å². The van der Waals surface area contributed by atoms with Gasteiger partial charge in [0.2, 0.25) is 10.0 Å². The zero-order chi connectivity index (χ0) is 18.4. The monoisotopic (exact) mass is 382 g/mol. The average molecular weight is 382 g/mol. The number of para-hydroxylation sites is 1. The van der Waals surface area contributed by atoms with Gasteiger partial charge in [-0.05, 0) is 30.5 Å². The zero-order valence-corrected chi connectivity index (χ0v) is 15.3. The molecule has 25 heavy (non-hydrogen) atoms. The number of rotatable bonds is 7. The highest BCUT2D eigenvalue weighted by Gasteiger charge is 2.21. The minimum atomic E-state index is -3.55. The molecule has 0 saturated carbocycles. The molecule has 0 fully saturated rings. The maximum absolute atomic E-state index is 12.3. The fraction of sp³-hybridized carbons (Fsp3) is 0.250. The molecule has 0 aliphatic carbocycles. The summed E-state index contributed by atoms with van der Waals surface area (Å²) < 4.78 is 30.1. The van der Waals surface area contributed by atoms with Gasteiger partial charge in [0.25, 0.3) is 5.91 Å². The number of amides is 1. The van der Waals surface area contributed by atoms with Gasteiger partial charge >= 0.3 is 5.97 Å². The zero-order valence-electron chi connectivity index (χ0n) is 13.7. The summed E-state index contributed by atoms with van der Waals surface area (Å²) in [4.78, 5) is 25.3. The van der Waals surface area contributed by atoms with E-state index in [-0.39, 0.29) is 11.3 Å². The molecular weight excluding hydrogens is 364 g/mol. The first kappa shape index (κ1) is 18.9. The van der Waals surface area contributed by atoms with Crippen molar-refractivity contribution in [3.05, 3.63) is 52.2 Å². The number of thiophene rings is 1. The molecule has 1 aromatic heterocycles. The van der Waals surface area contributed by atoms with E-state index >= 15 is 0 Å². The van der Waals surface area contributed by atoms with Gasteiger partial charge in [0, 0.05) is 4.88 Å². The van der Waals surface area contributed by atoms with E-state index in [1.54, 1.807) is 12.1 Å². The molecule has 0 aliphatic heterocycles. The average Bonchev–Trinajstić information content (AvgIpc) is 3.04. The number of carbonyl (C=O) groups is 2. The second-order valence-electron chi connectivity index (χ2n) is 5.26. The topological polar surface area (TPSA) is 102 Å². The molecule has 2 N–H and O–H groups in total. The van der Waals surface area contributed by atoms with E-state index < -0.39 is 28.0 Å². The van der Waals surface area contributed by atoms with E-state index in [2.05, 4.69) is 10.0 Å². The first-order valence-corrected chi connectivity index (χ1v) is 10.1. The van der Waals surface area contributed by atoms with Crippen molar-refractivity contribution in [1.82, 2.24) is 5.32 Å². The number of sulfonamides is 1. The van der Waals surface area contributed by atoms with Gasteiger partial charge in [-0.3, -0.25) is 9.52 Å². The Morgan fingerprint density at radius 3 is 2.56 bits per heavy atom. The molecule has 1 aromatic carbocycles. The van der Waals surface area contributed by atoms with Crippen LogP contribution in [0, 0.1) is 0 Å². The van der Waals surface area contributed by atoms with Crippen LogP contribution in [0.3, 0.4) is 0 Å². The number of carbonyl (C=O) groups excluding carboxylic acids is 2. The number of esters is 1. The summed E-state index contributed by atoms with van der Waals surface area (Å²) in [6.45, 7) is 1.80. The Bertz CT molecular complexity index is 847. The fourth-order valence-corrected chi connectivity index (χ4v) is 3.18. The van der Waals surface area contributed by atoms with Crippen molar-refractivity contribution >= 4 is 38.9 Å². The van der Waals surface area contributed by atoms with Crippen LogP contribution in [0.5, 0.6) is 0 Å². The number of ether oxygens (including phenoxy) is 1. The van der Waals surface area contributed by atoms with Crippen LogP contribution in [0.4, 0.5) is 5.69 Å². The summed E-state index contributed by atoms with van der Waals surface area (Å²) >= 11 is 1.51. The Balaban J connectivity index is 2.00. The molecule has 0 radical (unpaired) electrons. The molecule has 2 aromatic rings. The molecular formula is C16H18N2O5S2. The number of anilines is 1. The van der Waals surface area contributed by atoms with Crippen LogP contribution in [0.15, 0.2) is 41.8 Å². The van der Waals surface area contributed by atoms with E-state index in [4.69, 9.17) is 4.74 Å². The Morgan fingerprint density at radius 1 is 1.20 bits per heavy atom. The van der Waals surface area contributed by atoms with Gasteiger partial charge in [-0.2, -0.15) is 0 Å². The molecule has 134 valence electrons. The molecule has 0 unspecified atom stereocenters. The molecule has 9 heteroatoms. The maximum atomic E-state index is 12.3. The predicted octanol–water partition coefficient (Wildman–Crippen LogP) is 1.98. The Kier molecular flexibility index (Phi) is 6.16. The van der Waals surface area contributed by atoms with Gasteiger partial charge in [-0.1, -0.05) is 18.2 Å². The van der Waals surface area contributed by atoms with E-state index in [9.17, 15) is 18.0 Å². The largest absolute Gasteiger partial charge is 0.449 e. The number of hydrogen-bond donors (Lipinski definition) is 2. The molecule has 0 aliphatic rings. The summed E-state index contributed by atoms with van der Waals surface area (Å²) in [7, 11) is -3.55. The standard InChI is InChI=1S/C16H18N2O5S2/c1-11(15(19)17-10-12-6-5-9-24-12)23-16(20)13-7-3-4-8-14(13)18-25(2,21)22/h3-9,11,18H,10H2,1-2H3,(H,17,19)/t11-/m0/s1. The van der Waals surface area contributed by atoms with Gasteiger partial charge < -0.3 is 10.1 Å². The SMILES string of the molecule is C[C@H](OC(=O)c1ccccc1NS(C)(=O)=O)C(=O)NCc1cccs1. The summed E-state index contributed by atoms with van der Waals surface area (Å²) in [6.07, 6.45) is -0.0331. The Labute approximate surface area is 150 Å². The van der Waals surface area contributed by atoms with Gasteiger partial charge in [0.15, 0.2) is 6.10 Å². The second kappa shape index (κ2) is 8.13. The Morgan fingerprint density at radius 2 is 1.92 bits per heavy atom. The normalized spacial score (nSPS) is 12.2. The predicted molar refractivity (Wildman–Crippen MR) is 96.0 cm³/mol. The summed E-state index contributed by atoms with van der Waals surface area (Å²) in [5.74, 6) is -1.22. The first-order valence-electron chi connectivity index (χ1n) is 7.34. The Hall–Kier alpha value is -2.39. The summed E-state index contributed by atoms with van der Waals surface area (Å²) in [5, 5.41) is 4.58. The molecule has 0 bridgehead atoms. The third-order valence-electron chi connectivity index (χ3n) is 3.11. The third kappa shape index (κ3) is 5.87. The maximum Gasteiger partial charge on any atom is 0.341 e. The van der Waals surface area contributed by atoms with Crippen LogP contribution in [0.25, 0.3) is 0 Å². The van der Waals surface area contributed by atoms with E-state index in [1.165, 1.54) is 30.4 Å². The van der Waals surface area contributed by atoms with Crippen LogP contribution in [0.2, 0.25) is 0 Å². The van der Waals surface area contributed by atoms with Crippen molar-refractivity contribution in [2.75, 3.05) is 11.0 Å². The molecule has 1 amide bonds. The van der Waals surface area contributed by atoms with E-state index in [0.29, 0.717) is 6.54 Å². The van der Waals surface area contributed by atoms with E-state index in [0.717, 1.165) is 11.1 Å². The van der Waals surface area contributed by atoms with Crippen LogP contribution < -0.4 is 10.0 Å². The van der Waals surface area contributed by atoms with Crippen molar-refractivity contribution in [2.45, 2.75) is 19.6 Å². The first-order chi connectivity index (χ1) is 11.8. The van der Waals surface area contributed by atoms with Crippen LogP contribution in [-0.4, -0.2) is 32.7 Å². The lowest BCUT2D eigenvalue weighted by molar-refractivity contribution is -0.129. The molecule has 0 spiro atoms. The minimum absolute atomic E-state index is 0.0332. The van der Waals surface area contributed by atoms with Crippen molar-refractivity contribution in [2.24, 2.45) is 0 Å². The highest BCUT2D eigenvalue weighted by Crippen LogP contribution is 2.18. The summed E-state index contributed by atoms with van der Waals surface area (Å²) in [6, 6.07) is 9.79. The lowest BCUT2D eigenvalue weighted by atomic mass is 10.2. The molecule has 1 heterocycles. The highest BCUT2D eigenvalue weighted by atomic mass is 32.2. The fourth-order valence-electron chi connectivity index (χ4n) is 1.96. The number of benzene rings is 1. The summed E-state index contributed by atoms with van der Waals surface area (Å²) in [5.41, 5.74) is 0.132. The van der Waals surface area contributed by atoms with Gasteiger partial charge in [-0.15, -0.1) is 11.3 Å². The number of nitrogens with one attached hydrogen (secondary N) is 2. The number of hydrogen-bond acceptors (Lipinski definition) is 6. The van der Waals surface area contributed by atoms with Crippen LogP contribution in [0.1, 0.15) is 22.2 Å². The smallest absolute Gasteiger partial charge is 0.341 e. The second-order valence-corrected chi connectivity index (χ2v) is 8.05. The minimum Gasteiger partial charge on any atom is -0.449 e. The van der Waals surface area contributed by atoms with Crippen molar-refractivity contribution in [1.29, 1.82) is 0 Å². The van der Waals surface area contributed by atoms with Crippen molar-refractivity contribution < 1.29 is 22.7 Å². The quantitative estimate of drug-likeness (QED) is 0.713. The van der Waals surface area contributed by atoms with Crippen LogP contribution in [-0.2, 0) is 26.1 Å². The van der Waals surface area contributed by atoms with Gasteiger partial charge in [0.1, 0.15) is 0 Å². The van der Waals surface area contributed by atoms with Gasteiger partial charge in [0.05, 0.1) is 24.1 Å².